The Morgan fingerprint density at radius 1 is 1.44 bits per heavy atom. The lowest BCUT2D eigenvalue weighted by Crippen LogP contribution is -2.04. The predicted molar refractivity (Wildman–Crippen MR) is 58.1 cm³/mol. The number of nitro groups is 1. The standard InChI is InChI=1S/C10H10N4O2/c11-5-8-3-1-2-4-10(8)13-7-9(6-12-13)14(15)16/h1-4,6-7H,5,11H2. The molecule has 0 spiro atoms. The summed E-state index contributed by atoms with van der Waals surface area (Å²) in [7, 11) is 0. The third-order valence-corrected chi connectivity index (χ3v) is 2.24. The highest BCUT2D eigenvalue weighted by Crippen LogP contribution is 2.16. The Hall–Kier alpha value is -2.21. The molecule has 0 bridgehead atoms. The van der Waals surface area contributed by atoms with Gasteiger partial charge < -0.3 is 5.73 Å². The molecular weight excluding hydrogens is 208 g/mol. The number of rotatable bonds is 3. The second kappa shape index (κ2) is 4.11. The molecule has 0 fully saturated rings. The maximum atomic E-state index is 10.5. The van der Waals surface area contributed by atoms with Crippen molar-refractivity contribution in [3.63, 3.8) is 0 Å². The van der Waals surface area contributed by atoms with Crippen molar-refractivity contribution >= 4 is 5.69 Å². The van der Waals surface area contributed by atoms with Gasteiger partial charge in [0.25, 0.3) is 0 Å². The molecule has 2 N–H and O–H groups in total. The molecule has 0 radical (unpaired) electrons. The van der Waals surface area contributed by atoms with Crippen molar-refractivity contribution in [2.45, 2.75) is 6.54 Å². The molecule has 0 aliphatic heterocycles. The summed E-state index contributed by atoms with van der Waals surface area (Å²) in [6.45, 7) is 0.365. The Morgan fingerprint density at radius 3 is 2.81 bits per heavy atom. The van der Waals surface area contributed by atoms with Crippen LogP contribution in [0.4, 0.5) is 5.69 Å². The van der Waals surface area contributed by atoms with E-state index in [-0.39, 0.29) is 5.69 Å². The summed E-state index contributed by atoms with van der Waals surface area (Å²) < 4.78 is 1.46. The average molecular weight is 218 g/mol. The van der Waals surface area contributed by atoms with Crippen LogP contribution >= 0.6 is 0 Å². The molecule has 6 heteroatoms. The second-order valence-corrected chi connectivity index (χ2v) is 3.23. The van der Waals surface area contributed by atoms with Gasteiger partial charge in [0.2, 0.25) is 0 Å². The SMILES string of the molecule is NCc1ccccc1-n1cc([N+](=O)[O-])cn1. The van der Waals surface area contributed by atoms with Gasteiger partial charge in [-0.25, -0.2) is 4.68 Å². The van der Waals surface area contributed by atoms with E-state index in [1.807, 2.05) is 24.3 Å². The van der Waals surface area contributed by atoms with Crippen LogP contribution in [0.1, 0.15) is 5.56 Å². The van der Waals surface area contributed by atoms with E-state index in [4.69, 9.17) is 5.73 Å². The Labute approximate surface area is 91.5 Å². The van der Waals surface area contributed by atoms with Crippen molar-refractivity contribution in [1.29, 1.82) is 0 Å². The van der Waals surface area contributed by atoms with Gasteiger partial charge in [-0.3, -0.25) is 10.1 Å². The number of para-hydroxylation sites is 1. The summed E-state index contributed by atoms with van der Waals surface area (Å²) in [5, 5.41) is 14.5. The highest BCUT2D eigenvalue weighted by molar-refractivity contribution is 5.41. The Kier molecular flexibility index (Phi) is 2.65. The molecule has 0 saturated heterocycles. The van der Waals surface area contributed by atoms with Crippen molar-refractivity contribution in [3.05, 3.63) is 52.3 Å². The van der Waals surface area contributed by atoms with E-state index in [1.54, 1.807) is 0 Å². The van der Waals surface area contributed by atoms with Crippen LogP contribution in [-0.2, 0) is 6.54 Å². The molecule has 0 unspecified atom stereocenters. The summed E-state index contributed by atoms with van der Waals surface area (Å²) in [6.07, 6.45) is 2.59. The van der Waals surface area contributed by atoms with Crippen LogP contribution in [0.3, 0.4) is 0 Å². The molecular formula is C10H10N4O2. The third kappa shape index (κ3) is 1.78. The van der Waals surface area contributed by atoms with Gasteiger partial charge in [-0.15, -0.1) is 0 Å². The monoisotopic (exact) mass is 218 g/mol. The fourth-order valence-electron chi connectivity index (χ4n) is 1.45. The van der Waals surface area contributed by atoms with E-state index in [2.05, 4.69) is 5.10 Å². The number of nitrogens with two attached hydrogens (primary N) is 1. The van der Waals surface area contributed by atoms with Gasteiger partial charge in [-0.2, -0.15) is 5.10 Å². The molecule has 16 heavy (non-hydrogen) atoms. The second-order valence-electron chi connectivity index (χ2n) is 3.23. The molecule has 0 saturated carbocycles. The fourth-order valence-corrected chi connectivity index (χ4v) is 1.45. The van der Waals surface area contributed by atoms with E-state index in [1.165, 1.54) is 17.1 Å². The zero-order valence-electron chi connectivity index (χ0n) is 8.41. The normalized spacial score (nSPS) is 10.3. The number of hydrogen-bond donors (Lipinski definition) is 1. The van der Waals surface area contributed by atoms with Gasteiger partial charge in [0.15, 0.2) is 0 Å². The third-order valence-electron chi connectivity index (χ3n) is 2.24. The maximum Gasteiger partial charge on any atom is 0.307 e. The van der Waals surface area contributed by atoms with E-state index in [9.17, 15) is 10.1 Å². The highest BCUT2D eigenvalue weighted by atomic mass is 16.6. The minimum Gasteiger partial charge on any atom is -0.326 e. The molecule has 1 aromatic carbocycles. The minimum atomic E-state index is -0.478. The minimum absolute atomic E-state index is 0.0353. The molecule has 1 heterocycles. The van der Waals surface area contributed by atoms with Crippen LogP contribution in [0.15, 0.2) is 36.7 Å². The molecule has 0 amide bonds. The van der Waals surface area contributed by atoms with Gasteiger partial charge in [0, 0.05) is 6.54 Å². The van der Waals surface area contributed by atoms with Crippen molar-refractivity contribution in [2.75, 3.05) is 0 Å². The van der Waals surface area contributed by atoms with E-state index < -0.39 is 4.92 Å². The molecule has 2 rings (SSSR count). The van der Waals surface area contributed by atoms with Crippen molar-refractivity contribution < 1.29 is 4.92 Å². The van der Waals surface area contributed by atoms with E-state index in [0.29, 0.717) is 6.54 Å². The number of aromatic nitrogens is 2. The van der Waals surface area contributed by atoms with Crippen molar-refractivity contribution in [1.82, 2.24) is 9.78 Å². The summed E-state index contributed by atoms with van der Waals surface area (Å²) in [5.74, 6) is 0. The van der Waals surface area contributed by atoms with Crippen LogP contribution in [0, 0.1) is 10.1 Å². The number of hydrogen-bond acceptors (Lipinski definition) is 4. The van der Waals surface area contributed by atoms with Gasteiger partial charge >= 0.3 is 5.69 Å². The van der Waals surface area contributed by atoms with Crippen LogP contribution in [0.2, 0.25) is 0 Å². The van der Waals surface area contributed by atoms with Crippen LogP contribution in [0.5, 0.6) is 0 Å². The maximum absolute atomic E-state index is 10.5. The lowest BCUT2D eigenvalue weighted by molar-refractivity contribution is -0.384. The topological polar surface area (TPSA) is 87.0 Å². The largest absolute Gasteiger partial charge is 0.326 e. The average Bonchev–Trinajstić information content (AvgIpc) is 2.78. The summed E-state index contributed by atoms with van der Waals surface area (Å²) in [6, 6.07) is 7.38. The van der Waals surface area contributed by atoms with Crippen LogP contribution in [0.25, 0.3) is 5.69 Å². The van der Waals surface area contributed by atoms with E-state index >= 15 is 0 Å². The lowest BCUT2D eigenvalue weighted by atomic mass is 10.2. The Bertz CT molecular complexity index is 521. The zero-order valence-corrected chi connectivity index (χ0v) is 8.41. The smallest absolute Gasteiger partial charge is 0.307 e. The first-order valence-electron chi connectivity index (χ1n) is 4.70. The number of nitrogens with zero attached hydrogens (tertiary/aromatic N) is 3. The van der Waals surface area contributed by atoms with E-state index in [0.717, 1.165) is 11.3 Å². The van der Waals surface area contributed by atoms with Gasteiger partial charge in [-0.1, -0.05) is 18.2 Å². The van der Waals surface area contributed by atoms with Crippen molar-refractivity contribution in [3.8, 4) is 5.69 Å². The Morgan fingerprint density at radius 2 is 2.19 bits per heavy atom. The first-order valence-corrected chi connectivity index (χ1v) is 4.70. The van der Waals surface area contributed by atoms with Crippen molar-refractivity contribution in [2.24, 2.45) is 5.73 Å². The zero-order chi connectivity index (χ0) is 11.5. The summed E-state index contributed by atoms with van der Waals surface area (Å²) in [5.41, 5.74) is 7.20. The molecule has 0 aliphatic carbocycles. The summed E-state index contributed by atoms with van der Waals surface area (Å²) in [4.78, 5) is 10.0. The van der Waals surface area contributed by atoms with Crippen LogP contribution in [-0.4, -0.2) is 14.7 Å². The molecule has 82 valence electrons. The first kappa shape index (κ1) is 10.3. The molecule has 1 aromatic heterocycles. The van der Waals surface area contributed by atoms with Gasteiger partial charge in [-0.05, 0) is 11.6 Å². The predicted octanol–water partition coefficient (Wildman–Crippen LogP) is 1.24. The molecule has 2 aromatic rings. The first-order chi connectivity index (χ1) is 7.72. The lowest BCUT2D eigenvalue weighted by Gasteiger charge is -2.05. The fraction of sp³-hybridized carbons (Fsp3) is 0.100. The summed E-state index contributed by atoms with van der Waals surface area (Å²) >= 11 is 0. The van der Waals surface area contributed by atoms with Gasteiger partial charge in [0.1, 0.15) is 12.4 Å². The Balaban J connectivity index is 2.46. The highest BCUT2D eigenvalue weighted by Gasteiger charge is 2.11. The molecule has 0 aliphatic rings. The van der Waals surface area contributed by atoms with Crippen LogP contribution < -0.4 is 5.73 Å². The number of benzene rings is 1. The molecule has 6 nitrogen and oxygen atoms in total. The molecule has 0 atom stereocenters. The van der Waals surface area contributed by atoms with Gasteiger partial charge in [0.05, 0.1) is 10.6 Å². The quantitative estimate of drug-likeness (QED) is 0.620.